The molecule has 1 atom stereocenters. The summed E-state index contributed by atoms with van der Waals surface area (Å²) in [6.07, 6.45) is 2.41. The van der Waals surface area contributed by atoms with Crippen LogP contribution in [0.1, 0.15) is 51.2 Å². The van der Waals surface area contributed by atoms with Gasteiger partial charge in [0.05, 0.1) is 0 Å². The Morgan fingerprint density at radius 1 is 1.24 bits per heavy atom. The molecule has 0 fully saturated rings. The highest BCUT2D eigenvalue weighted by Gasteiger charge is 2.24. The minimum atomic E-state index is 0.0926. The molecule has 3 N–H and O–H groups in total. The summed E-state index contributed by atoms with van der Waals surface area (Å²) in [5.41, 5.74) is 9.07. The van der Waals surface area contributed by atoms with Gasteiger partial charge in [-0.2, -0.15) is 0 Å². The summed E-state index contributed by atoms with van der Waals surface area (Å²) < 4.78 is 0. The Morgan fingerprint density at radius 3 is 2.48 bits per heavy atom. The van der Waals surface area contributed by atoms with Gasteiger partial charge in [0.25, 0.3) is 0 Å². The standard InChI is InChI=1S/C18H30N2O/c1-13-6-7-14(2)16(12-13)20-17(21)9-8-15(10-11-19)18(3,4)5/h6-7,12,15H,8-11,19H2,1-5H3,(H,20,21). The third-order valence-electron chi connectivity index (χ3n) is 4.13. The second-order valence-electron chi connectivity index (χ2n) is 7.05. The minimum absolute atomic E-state index is 0.0926. The van der Waals surface area contributed by atoms with Crippen LogP contribution in [0.2, 0.25) is 0 Å². The van der Waals surface area contributed by atoms with Crippen LogP contribution in [0.4, 0.5) is 5.69 Å². The van der Waals surface area contributed by atoms with E-state index in [1.807, 2.05) is 26.0 Å². The maximum atomic E-state index is 12.2. The van der Waals surface area contributed by atoms with E-state index in [1.165, 1.54) is 0 Å². The van der Waals surface area contributed by atoms with E-state index in [2.05, 4.69) is 32.2 Å². The Labute approximate surface area is 129 Å². The van der Waals surface area contributed by atoms with Gasteiger partial charge < -0.3 is 11.1 Å². The second-order valence-corrected chi connectivity index (χ2v) is 7.05. The van der Waals surface area contributed by atoms with E-state index in [0.29, 0.717) is 18.9 Å². The molecule has 1 rings (SSSR count). The van der Waals surface area contributed by atoms with Crippen molar-refractivity contribution >= 4 is 11.6 Å². The lowest BCUT2D eigenvalue weighted by Crippen LogP contribution is -2.25. The molecule has 118 valence electrons. The molecule has 1 aromatic rings. The van der Waals surface area contributed by atoms with Gasteiger partial charge in [-0.25, -0.2) is 0 Å². The van der Waals surface area contributed by atoms with E-state index < -0.39 is 0 Å². The van der Waals surface area contributed by atoms with E-state index in [0.717, 1.165) is 29.7 Å². The lowest BCUT2D eigenvalue weighted by Gasteiger charge is -2.30. The van der Waals surface area contributed by atoms with Gasteiger partial charge >= 0.3 is 0 Å². The van der Waals surface area contributed by atoms with E-state index in [-0.39, 0.29) is 11.3 Å². The van der Waals surface area contributed by atoms with Crippen molar-refractivity contribution in [2.45, 2.75) is 53.9 Å². The minimum Gasteiger partial charge on any atom is -0.330 e. The van der Waals surface area contributed by atoms with Gasteiger partial charge in [0.15, 0.2) is 0 Å². The van der Waals surface area contributed by atoms with E-state index in [4.69, 9.17) is 5.73 Å². The molecule has 0 bridgehead atoms. The summed E-state index contributed by atoms with van der Waals surface area (Å²) in [4.78, 5) is 12.2. The zero-order valence-electron chi connectivity index (χ0n) is 14.1. The van der Waals surface area contributed by atoms with Crippen LogP contribution >= 0.6 is 0 Å². The number of hydrogen-bond acceptors (Lipinski definition) is 2. The van der Waals surface area contributed by atoms with E-state index in [9.17, 15) is 4.79 Å². The molecule has 1 unspecified atom stereocenters. The number of aryl methyl sites for hydroxylation is 2. The van der Waals surface area contributed by atoms with Gasteiger partial charge in [-0.3, -0.25) is 4.79 Å². The lowest BCUT2D eigenvalue weighted by atomic mass is 9.76. The van der Waals surface area contributed by atoms with Crippen LogP contribution in [-0.4, -0.2) is 12.5 Å². The van der Waals surface area contributed by atoms with Crippen molar-refractivity contribution < 1.29 is 4.79 Å². The summed E-state index contributed by atoms with van der Waals surface area (Å²) in [5.74, 6) is 0.571. The molecule has 1 amide bonds. The number of hydrogen-bond donors (Lipinski definition) is 2. The van der Waals surface area contributed by atoms with E-state index in [1.54, 1.807) is 0 Å². The summed E-state index contributed by atoms with van der Waals surface area (Å²) in [7, 11) is 0. The molecular formula is C18H30N2O. The Bertz CT molecular complexity index is 475. The topological polar surface area (TPSA) is 55.1 Å². The first-order valence-electron chi connectivity index (χ1n) is 7.81. The molecule has 0 aliphatic heterocycles. The number of carbonyl (C=O) groups excluding carboxylic acids is 1. The first kappa shape index (κ1) is 17.7. The zero-order chi connectivity index (χ0) is 16.0. The molecule has 0 radical (unpaired) electrons. The fraction of sp³-hybridized carbons (Fsp3) is 0.611. The van der Waals surface area contributed by atoms with Crippen LogP contribution in [0, 0.1) is 25.2 Å². The largest absolute Gasteiger partial charge is 0.330 e. The number of anilines is 1. The molecule has 0 aliphatic carbocycles. The van der Waals surface area contributed by atoms with Crippen molar-refractivity contribution in [1.82, 2.24) is 0 Å². The summed E-state index contributed by atoms with van der Waals surface area (Å²) in [5, 5.41) is 3.03. The molecule has 3 heteroatoms. The normalized spacial score (nSPS) is 13.0. The van der Waals surface area contributed by atoms with Gasteiger partial charge in [-0.15, -0.1) is 0 Å². The van der Waals surface area contributed by atoms with Crippen molar-refractivity contribution in [3.63, 3.8) is 0 Å². The van der Waals surface area contributed by atoms with Crippen LogP contribution in [0.25, 0.3) is 0 Å². The number of amides is 1. The molecule has 21 heavy (non-hydrogen) atoms. The molecule has 0 saturated carbocycles. The molecule has 0 spiro atoms. The van der Waals surface area contributed by atoms with Crippen molar-refractivity contribution in [2.24, 2.45) is 17.1 Å². The molecular weight excluding hydrogens is 260 g/mol. The monoisotopic (exact) mass is 290 g/mol. The Hall–Kier alpha value is -1.35. The highest BCUT2D eigenvalue weighted by atomic mass is 16.1. The van der Waals surface area contributed by atoms with Crippen molar-refractivity contribution in [2.75, 3.05) is 11.9 Å². The summed E-state index contributed by atoms with van der Waals surface area (Å²) in [6.45, 7) is 11.4. The maximum Gasteiger partial charge on any atom is 0.224 e. The predicted molar refractivity (Wildman–Crippen MR) is 90.4 cm³/mol. The highest BCUT2D eigenvalue weighted by molar-refractivity contribution is 5.91. The van der Waals surface area contributed by atoms with Crippen LogP contribution in [-0.2, 0) is 4.79 Å². The average Bonchev–Trinajstić information content (AvgIpc) is 2.37. The predicted octanol–water partition coefficient (Wildman–Crippen LogP) is 4.03. The Balaban J connectivity index is 2.59. The average molecular weight is 290 g/mol. The third kappa shape index (κ3) is 5.88. The SMILES string of the molecule is Cc1ccc(C)c(NC(=O)CCC(CCN)C(C)(C)C)c1. The van der Waals surface area contributed by atoms with Crippen molar-refractivity contribution in [3.8, 4) is 0 Å². The van der Waals surface area contributed by atoms with Gasteiger partial charge in [-0.1, -0.05) is 32.9 Å². The van der Waals surface area contributed by atoms with Gasteiger partial charge in [0, 0.05) is 12.1 Å². The summed E-state index contributed by atoms with van der Waals surface area (Å²) in [6, 6.07) is 6.12. The molecule has 0 heterocycles. The number of benzene rings is 1. The fourth-order valence-electron chi connectivity index (χ4n) is 2.60. The number of rotatable bonds is 6. The van der Waals surface area contributed by atoms with E-state index >= 15 is 0 Å². The maximum absolute atomic E-state index is 12.2. The lowest BCUT2D eigenvalue weighted by molar-refractivity contribution is -0.116. The van der Waals surface area contributed by atoms with Gasteiger partial charge in [0.2, 0.25) is 5.91 Å². The third-order valence-corrected chi connectivity index (χ3v) is 4.13. The molecule has 0 aliphatic rings. The quantitative estimate of drug-likeness (QED) is 0.831. The molecule has 0 aromatic heterocycles. The van der Waals surface area contributed by atoms with Crippen LogP contribution < -0.4 is 11.1 Å². The van der Waals surface area contributed by atoms with Crippen LogP contribution in [0.3, 0.4) is 0 Å². The summed E-state index contributed by atoms with van der Waals surface area (Å²) >= 11 is 0. The molecule has 0 saturated heterocycles. The highest BCUT2D eigenvalue weighted by Crippen LogP contribution is 2.32. The smallest absolute Gasteiger partial charge is 0.224 e. The first-order chi connectivity index (χ1) is 9.74. The Kier molecular flexibility index (Phi) is 6.41. The van der Waals surface area contributed by atoms with Crippen LogP contribution in [0.5, 0.6) is 0 Å². The van der Waals surface area contributed by atoms with Crippen LogP contribution in [0.15, 0.2) is 18.2 Å². The van der Waals surface area contributed by atoms with Crippen molar-refractivity contribution in [3.05, 3.63) is 29.3 Å². The molecule has 1 aromatic carbocycles. The van der Waals surface area contributed by atoms with Crippen molar-refractivity contribution in [1.29, 1.82) is 0 Å². The fourth-order valence-corrected chi connectivity index (χ4v) is 2.60. The Morgan fingerprint density at radius 2 is 1.90 bits per heavy atom. The first-order valence-corrected chi connectivity index (χ1v) is 7.81. The van der Waals surface area contributed by atoms with Gasteiger partial charge in [-0.05, 0) is 61.8 Å². The number of nitrogens with one attached hydrogen (secondary N) is 1. The number of carbonyl (C=O) groups is 1. The number of nitrogens with two attached hydrogens (primary N) is 1. The zero-order valence-corrected chi connectivity index (χ0v) is 14.1. The van der Waals surface area contributed by atoms with Gasteiger partial charge in [0.1, 0.15) is 0 Å². The second kappa shape index (κ2) is 7.60. The molecule has 3 nitrogen and oxygen atoms in total.